The molecule has 1 heterocycles. The highest BCUT2D eigenvalue weighted by Gasteiger charge is 2.27. The molecule has 110 valence electrons. The number of rotatable bonds is 6. The third-order valence-corrected chi connectivity index (χ3v) is 6.05. The van der Waals surface area contributed by atoms with Crippen LogP contribution in [0.3, 0.4) is 0 Å². The van der Waals surface area contributed by atoms with Crippen LogP contribution in [0.4, 0.5) is 0 Å². The lowest BCUT2D eigenvalue weighted by atomic mass is 10.3. The van der Waals surface area contributed by atoms with E-state index in [0.29, 0.717) is 15.5 Å². The van der Waals surface area contributed by atoms with Crippen molar-refractivity contribution in [1.29, 1.82) is 0 Å². The maximum absolute atomic E-state index is 12.7. The monoisotopic (exact) mass is 417 g/mol. The van der Waals surface area contributed by atoms with Gasteiger partial charge in [0.25, 0.3) is 0 Å². The largest absolute Gasteiger partial charge is 0.245 e. The van der Waals surface area contributed by atoms with Gasteiger partial charge in [-0.15, -0.1) is 23.2 Å². The van der Waals surface area contributed by atoms with Gasteiger partial charge >= 0.3 is 0 Å². The molecule has 1 aromatic heterocycles. The van der Waals surface area contributed by atoms with Crippen molar-refractivity contribution >= 4 is 71.9 Å². The third kappa shape index (κ3) is 3.10. The molecule has 0 fully saturated rings. The molecule has 20 heavy (non-hydrogen) atoms. The van der Waals surface area contributed by atoms with Crippen LogP contribution in [0.2, 0.25) is 0 Å². The van der Waals surface area contributed by atoms with Crippen LogP contribution < -0.4 is 0 Å². The standard InChI is InChI=1S/C10H10BrCl2N3O2S2/c11-7-1-2-8(10-9(7)14-19-15-10)20(17,18)16(5-3-12)6-4-13/h1-2H,3-6H2. The molecule has 0 saturated heterocycles. The van der Waals surface area contributed by atoms with Gasteiger partial charge in [0.05, 0.1) is 11.7 Å². The van der Waals surface area contributed by atoms with Gasteiger partial charge in [-0.2, -0.15) is 13.1 Å². The highest BCUT2D eigenvalue weighted by Crippen LogP contribution is 2.29. The molecule has 0 atom stereocenters. The first-order valence-corrected chi connectivity index (χ1v) is 9.58. The number of sulfonamides is 1. The summed E-state index contributed by atoms with van der Waals surface area (Å²) in [4.78, 5) is 0.125. The van der Waals surface area contributed by atoms with Crippen LogP contribution in [-0.2, 0) is 10.0 Å². The second-order valence-electron chi connectivity index (χ2n) is 3.79. The van der Waals surface area contributed by atoms with Gasteiger partial charge in [-0.1, -0.05) is 0 Å². The van der Waals surface area contributed by atoms with Crippen LogP contribution in [0.5, 0.6) is 0 Å². The fraction of sp³-hybridized carbons (Fsp3) is 0.400. The summed E-state index contributed by atoms with van der Waals surface area (Å²) in [5.74, 6) is 0.399. The van der Waals surface area contributed by atoms with Crippen LogP contribution in [0, 0.1) is 0 Å². The number of aromatic nitrogens is 2. The predicted octanol–water partition coefficient (Wildman–Crippen LogP) is 2.92. The number of benzene rings is 1. The number of hydrogen-bond acceptors (Lipinski definition) is 5. The average Bonchev–Trinajstić information content (AvgIpc) is 2.88. The summed E-state index contributed by atoms with van der Waals surface area (Å²) < 4.78 is 35.5. The van der Waals surface area contributed by atoms with E-state index in [1.807, 2.05) is 0 Å². The molecule has 5 nitrogen and oxygen atoms in total. The van der Waals surface area contributed by atoms with Crippen LogP contribution >= 0.6 is 50.9 Å². The van der Waals surface area contributed by atoms with Gasteiger partial charge in [0.15, 0.2) is 0 Å². The zero-order chi connectivity index (χ0) is 14.8. The predicted molar refractivity (Wildman–Crippen MR) is 85.3 cm³/mol. The van der Waals surface area contributed by atoms with Gasteiger partial charge in [-0.05, 0) is 28.1 Å². The molecule has 0 bridgehead atoms. The smallest absolute Gasteiger partial charge is 0.207 e. The molecule has 1 aromatic carbocycles. The number of alkyl halides is 2. The van der Waals surface area contributed by atoms with Crippen LogP contribution in [0.15, 0.2) is 21.5 Å². The lowest BCUT2D eigenvalue weighted by Crippen LogP contribution is -2.34. The Hall–Kier alpha value is 0.01000. The number of hydrogen-bond donors (Lipinski definition) is 0. The first-order chi connectivity index (χ1) is 9.52. The van der Waals surface area contributed by atoms with E-state index in [0.717, 1.165) is 11.7 Å². The fourth-order valence-corrected chi connectivity index (χ4v) is 5.04. The molecule has 0 unspecified atom stereocenters. The Balaban J connectivity index is 2.56. The van der Waals surface area contributed by atoms with E-state index in [1.54, 1.807) is 6.07 Å². The molecular weight excluding hydrogens is 409 g/mol. The molecule has 0 aliphatic rings. The van der Waals surface area contributed by atoms with E-state index >= 15 is 0 Å². The Morgan fingerprint density at radius 3 is 2.35 bits per heavy atom. The topological polar surface area (TPSA) is 63.2 Å². The third-order valence-electron chi connectivity index (χ3n) is 2.61. The summed E-state index contributed by atoms with van der Waals surface area (Å²) in [6.45, 7) is 0.400. The normalized spacial score (nSPS) is 12.4. The Kier molecular flexibility index (Phi) is 5.61. The van der Waals surface area contributed by atoms with E-state index in [2.05, 4.69) is 24.7 Å². The van der Waals surface area contributed by atoms with Crippen molar-refractivity contribution in [1.82, 2.24) is 13.1 Å². The lowest BCUT2D eigenvalue weighted by Gasteiger charge is -2.20. The summed E-state index contributed by atoms with van der Waals surface area (Å²) in [6.07, 6.45) is 0. The van der Waals surface area contributed by atoms with Gasteiger partial charge < -0.3 is 0 Å². The summed E-state index contributed by atoms with van der Waals surface area (Å²) >= 11 is 15.6. The molecule has 0 N–H and O–H groups in total. The van der Waals surface area contributed by atoms with Crippen molar-refractivity contribution < 1.29 is 8.42 Å². The van der Waals surface area contributed by atoms with E-state index < -0.39 is 10.0 Å². The molecule has 10 heteroatoms. The van der Waals surface area contributed by atoms with Gasteiger partial charge in [-0.25, -0.2) is 8.42 Å². The van der Waals surface area contributed by atoms with Gasteiger partial charge in [0.2, 0.25) is 10.0 Å². The summed E-state index contributed by atoms with van der Waals surface area (Å²) in [7, 11) is -3.69. The Labute approximate surface area is 139 Å². The summed E-state index contributed by atoms with van der Waals surface area (Å²) in [6, 6.07) is 3.16. The minimum Gasteiger partial charge on any atom is -0.207 e. The Bertz CT molecular complexity index is 702. The number of halogens is 3. The maximum Gasteiger partial charge on any atom is 0.245 e. The zero-order valence-corrected chi connectivity index (χ0v) is 14.8. The van der Waals surface area contributed by atoms with E-state index in [-0.39, 0.29) is 29.7 Å². The lowest BCUT2D eigenvalue weighted by molar-refractivity contribution is 0.449. The van der Waals surface area contributed by atoms with Crippen molar-refractivity contribution in [2.24, 2.45) is 0 Å². The minimum absolute atomic E-state index is 0.125. The van der Waals surface area contributed by atoms with Crippen LogP contribution in [0.25, 0.3) is 11.0 Å². The van der Waals surface area contributed by atoms with Crippen LogP contribution in [0.1, 0.15) is 0 Å². The first-order valence-electron chi connectivity index (χ1n) is 5.55. The molecule has 2 aromatic rings. The van der Waals surface area contributed by atoms with Crippen molar-refractivity contribution in [3.63, 3.8) is 0 Å². The molecule has 0 amide bonds. The maximum atomic E-state index is 12.7. The fourth-order valence-electron chi connectivity index (χ4n) is 1.70. The summed E-state index contributed by atoms with van der Waals surface area (Å²) in [5, 5.41) is 0. The van der Waals surface area contributed by atoms with Crippen molar-refractivity contribution in [2.45, 2.75) is 4.90 Å². The van der Waals surface area contributed by atoms with E-state index in [4.69, 9.17) is 23.2 Å². The van der Waals surface area contributed by atoms with Gasteiger partial charge in [0.1, 0.15) is 15.9 Å². The van der Waals surface area contributed by atoms with Gasteiger partial charge in [0, 0.05) is 29.3 Å². The molecule has 0 saturated carbocycles. The highest BCUT2D eigenvalue weighted by atomic mass is 79.9. The quantitative estimate of drug-likeness (QED) is 0.676. The highest BCUT2D eigenvalue weighted by molar-refractivity contribution is 9.10. The average molecular weight is 419 g/mol. The minimum atomic E-state index is -3.69. The number of fused-ring (bicyclic) bond motifs is 1. The van der Waals surface area contributed by atoms with Crippen molar-refractivity contribution in [3.8, 4) is 0 Å². The Morgan fingerprint density at radius 2 is 1.75 bits per heavy atom. The van der Waals surface area contributed by atoms with Crippen molar-refractivity contribution in [2.75, 3.05) is 24.8 Å². The molecule has 0 radical (unpaired) electrons. The summed E-state index contributed by atoms with van der Waals surface area (Å²) in [5.41, 5.74) is 0.895. The zero-order valence-electron chi connectivity index (χ0n) is 10.1. The van der Waals surface area contributed by atoms with Crippen LogP contribution in [-0.4, -0.2) is 46.3 Å². The van der Waals surface area contributed by atoms with E-state index in [9.17, 15) is 8.42 Å². The molecule has 2 rings (SSSR count). The first kappa shape index (κ1) is 16.4. The molecular formula is C10H10BrCl2N3O2S2. The van der Waals surface area contributed by atoms with Crippen molar-refractivity contribution in [3.05, 3.63) is 16.6 Å². The number of nitrogens with zero attached hydrogens (tertiary/aromatic N) is 3. The second-order valence-corrected chi connectivity index (χ2v) is 7.83. The van der Waals surface area contributed by atoms with Gasteiger partial charge in [-0.3, -0.25) is 0 Å². The molecule has 0 aliphatic heterocycles. The molecule has 0 aliphatic carbocycles. The SMILES string of the molecule is O=S(=O)(c1ccc(Br)c2nsnc12)N(CCCl)CCCl. The Morgan fingerprint density at radius 1 is 1.15 bits per heavy atom. The van der Waals surface area contributed by atoms with E-state index in [1.165, 1.54) is 10.4 Å². The second kappa shape index (κ2) is 6.85. The molecule has 0 spiro atoms.